The van der Waals surface area contributed by atoms with Crippen molar-refractivity contribution < 1.29 is 9.53 Å². The Morgan fingerprint density at radius 2 is 1.88 bits per heavy atom. The smallest absolute Gasteiger partial charge is 0.252 e. The van der Waals surface area contributed by atoms with Crippen LogP contribution in [0.25, 0.3) is 0 Å². The molecule has 0 aliphatic carbocycles. The molecule has 2 aromatic rings. The van der Waals surface area contributed by atoms with Gasteiger partial charge in [-0.2, -0.15) is 0 Å². The number of anilines is 1. The Balaban J connectivity index is 1.76. The monoisotopic (exact) mass is 341 g/mol. The molecule has 1 amide bonds. The first-order valence-electron chi connectivity index (χ1n) is 8.69. The third-order valence-corrected chi connectivity index (χ3v) is 3.91. The third-order valence-electron chi connectivity index (χ3n) is 3.91. The Morgan fingerprint density at radius 1 is 1.12 bits per heavy atom. The highest BCUT2D eigenvalue weighted by molar-refractivity contribution is 5.94. The average molecular weight is 341 g/mol. The molecule has 25 heavy (non-hydrogen) atoms. The fourth-order valence-corrected chi connectivity index (χ4v) is 2.34. The van der Waals surface area contributed by atoms with Crippen LogP contribution in [-0.2, 0) is 6.42 Å². The molecule has 0 spiro atoms. The molecule has 1 aromatic carbocycles. The van der Waals surface area contributed by atoms with Crippen LogP contribution >= 0.6 is 0 Å². The predicted octanol–water partition coefficient (Wildman–Crippen LogP) is 3.52. The minimum Gasteiger partial charge on any atom is -0.497 e. The maximum atomic E-state index is 12.0. The fourth-order valence-electron chi connectivity index (χ4n) is 2.34. The summed E-state index contributed by atoms with van der Waals surface area (Å²) < 4.78 is 5.15. The molecule has 0 bridgehead atoms. The van der Waals surface area contributed by atoms with E-state index in [1.54, 1.807) is 19.4 Å². The molecule has 5 nitrogen and oxygen atoms in total. The van der Waals surface area contributed by atoms with E-state index >= 15 is 0 Å². The number of amides is 1. The second-order valence-corrected chi connectivity index (χ2v) is 6.40. The standard InChI is InChI=1S/C20H27N3O2/c1-15(2)10-12-22-20(24)17-6-9-19(23-14-17)21-13-11-16-4-7-18(25-3)8-5-16/h4-9,14-15H,10-13H2,1-3H3,(H,21,23)(H,22,24). The fraction of sp³-hybridized carbons (Fsp3) is 0.400. The summed E-state index contributed by atoms with van der Waals surface area (Å²) in [6, 6.07) is 11.7. The second-order valence-electron chi connectivity index (χ2n) is 6.40. The molecule has 2 N–H and O–H groups in total. The number of ether oxygens (including phenoxy) is 1. The van der Waals surface area contributed by atoms with Gasteiger partial charge in [-0.25, -0.2) is 4.98 Å². The molecule has 134 valence electrons. The first-order chi connectivity index (χ1) is 12.1. The zero-order chi connectivity index (χ0) is 18.1. The van der Waals surface area contributed by atoms with E-state index in [2.05, 4.69) is 41.6 Å². The van der Waals surface area contributed by atoms with Crippen LogP contribution in [0.5, 0.6) is 5.75 Å². The zero-order valence-corrected chi connectivity index (χ0v) is 15.2. The first-order valence-corrected chi connectivity index (χ1v) is 8.69. The van der Waals surface area contributed by atoms with Crippen LogP contribution in [0.2, 0.25) is 0 Å². The minimum absolute atomic E-state index is 0.0714. The van der Waals surface area contributed by atoms with Gasteiger partial charge >= 0.3 is 0 Å². The number of pyridine rings is 1. The van der Waals surface area contributed by atoms with E-state index in [-0.39, 0.29) is 5.91 Å². The Kier molecular flexibility index (Phi) is 7.26. The Morgan fingerprint density at radius 3 is 2.48 bits per heavy atom. The summed E-state index contributed by atoms with van der Waals surface area (Å²) in [6.45, 7) is 5.75. The van der Waals surface area contributed by atoms with Crippen molar-refractivity contribution in [3.63, 3.8) is 0 Å². The number of carbonyl (C=O) groups is 1. The lowest BCUT2D eigenvalue weighted by molar-refractivity contribution is 0.0951. The highest BCUT2D eigenvalue weighted by atomic mass is 16.5. The van der Waals surface area contributed by atoms with Gasteiger partial charge in [-0.15, -0.1) is 0 Å². The van der Waals surface area contributed by atoms with Gasteiger partial charge in [0, 0.05) is 19.3 Å². The van der Waals surface area contributed by atoms with Gasteiger partial charge in [0.15, 0.2) is 0 Å². The van der Waals surface area contributed by atoms with Gasteiger partial charge in [0.2, 0.25) is 0 Å². The molecule has 0 radical (unpaired) electrons. The van der Waals surface area contributed by atoms with E-state index in [1.807, 2.05) is 18.2 Å². The van der Waals surface area contributed by atoms with Crippen molar-refractivity contribution in [2.45, 2.75) is 26.7 Å². The van der Waals surface area contributed by atoms with Gasteiger partial charge < -0.3 is 15.4 Å². The molecule has 0 saturated carbocycles. The number of nitrogens with one attached hydrogen (secondary N) is 2. The summed E-state index contributed by atoms with van der Waals surface area (Å²) in [5, 5.41) is 6.19. The van der Waals surface area contributed by atoms with Crippen molar-refractivity contribution in [2.24, 2.45) is 5.92 Å². The number of methoxy groups -OCH3 is 1. The number of hydrogen-bond donors (Lipinski definition) is 2. The SMILES string of the molecule is COc1ccc(CCNc2ccc(C(=O)NCCC(C)C)cn2)cc1. The maximum Gasteiger partial charge on any atom is 0.252 e. The van der Waals surface area contributed by atoms with E-state index < -0.39 is 0 Å². The van der Waals surface area contributed by atoms with Gasteiger partial charge in [0.05, 0.1) is 12.7 Å². The highest BCUT2D eigenvalue weighted by Gasteiger charge is 2.06. The number of nitrogens with zero attached hydrogens (tertiary/aromatic N) is 1. The summed E-state index contributed by atoms with van der Waals surface area (Å²) in [6.07, 6.45) is 3.48. The van der Waals surface area contributed by atoms with Gasteiger partial charge in [-0.05, 0) is 48.6 Å². The van der Waals surface area contributed by atoms with Crippen LogP contribution in [-0.4, -0.2) is 31.1 Å². The lowest BCUT2D eigenvalue weighted by Crippen LogP contribution is -2.25. The van der Waals surface area contributed by atoms with E-state index in [9.17, 15) is 4.79 Å². The number of rotatable bonds is 9. The molecule has 0 atom stereocenters. The van der Waals surface area contributed by atoms with E-state index in [0.717, 1.165) is 31.0 Å². The second kappa shape index (κ2) is 9.67. The van der Waals surface area contributed by atoms with Crippen LogP contribution in [0.1, 0.15) is 36.2 Å². The highest BCUT2D eigenvalue weighted by Crippen LogP contribution is 2.12. The topological polar surface area (TPSA) is 63.2 Å². The molecule has 0 aliphatic rings. The molecule has 1 heterocycles. The van der Waals surface area contributed by atoms with E-state index in [4.69, 9.17) is 4.74 Å². The molecule has 0 aliphatic heterocycles. The van der Waals surface area contributed by atoms with Crippen molar-refractivity contribution >= 4 is 11.7 Å². The molecular weight excluding hydrogens is 314 g/mol. The van der Waals surface area contributed by atoms with Crippen LogP contribution in [0.3, 0.4) is 0 Å². The Hall–Kier alpha value is -2.56. The summed E-state index contributed by atoms with van der Waals surface area (Å²) in [4.78, 5) is 16.3. The summed E-state index contributed by atoms with van der Waals surface area (Å²) in [5.41, 5.74) is 1.82. The Labute approximate surface area is 149 Å². The lowest BCUT2D eigenvalue weighted by atomic mass is 10.1. The molecular formula is C20H27N3O2. The quantitative estimate of drug-likeness (QED) is 0.732. The number of aromatic nitrogens is 1. The van der Waals surface area contributed by atoms with Gasteiger partial charge in [-0.3, -0.25) is 4.79 Å². The van der Waals surface area contributed by atoms with Crippen LogP contribution in [0.15, 0.2) is 42.6 Å². The van der Waals surface area contributed by atoms with Crippen LogP contribution < -0.4 is 15.4 Å². The van der Waals surface area contributed by atoms with Crippen molar-refractivity contribution in [1.82, 2.24) is 10.3 Å². The van der Waals surface area contributed by atoms with Gasteiger partial charge in [0.25, 0.3) is 5.91 Å². The van der Waals surface area contributed by atoms with Crippen molar-refractivity contribution in [1.29, 1.82) is 0 Å². The molecule has 5 heteroatoms. The zero-order valence-electron chi connectivity index (χ0n) is 15.2. The van der Waals surface area contributed by atoms with Crippen LogP contribution in [0, 0.1) is 5.92 Å². The maximum absolute atomic E-state index is 12.0. The summed E-state index contributed by atoms with van der Waals surface area (Å²) in [7, 11) is 1.66. The van der Waals surface area contributed by atoms with Gasteiger partial charge in [0.1, 0.15) is 11.6 Å². The molecule has 0 unspecified atom stereocenters. The largest absolute Gasteiger partial charge is 0.497 e. The van der Waals surface area contributed by atoms with Crippen LogP contribution in [0.4, 0.5) is 5.82 Å². The average Bonchev–Trinajstić information content (AvgIpc) is 2.62. The predicted molar refractivity (Wildman–Crippen MR) is 101 cm³/mol. The molecule has 1 aromatic heterocycles. The molecule has 2 rings (SSSR count). The van der Waals surface area contributed by atoms with E-state index in [0.29, 0.717) is 18.0 Å². The lowest BCUT2D eigenvalue weighted by Gasteiger charge is -2.09. The molecule has 0 fully saturated rings. The van der Waals surface area contributed by atoms with Crippen molar-refractivity contribution in [2.75, 3.05) is 25.5 Å². The number of carbonyl (C=O) groups excluding carboxylic acids is 1. The normalized spacial score (nSPS) is 10.6. The Bertz CT molecular complexity index is 652. The van der Waals surface area contributed by atoms with E-state index in [1.165, 1.54) is 5.56 Å². The summed E-state index contributed by atoms with van der Waals surface area (Å²) in [5.74, 6) is 2.14. The minimum atomic E-state index is -0.0714. The first kappa shape index (κ1) is 18.8. The summed E-state index contributed by atoms with van der Waals surface area (Å²) >= 11 is 0. The van der Waals surface area contributed by atoms with Crippen molar-refractivity contribution in [3.8, 4) is 5.75 Å². The number of benzene rings is 1. The third kappa shape index (κ3) is 6.45. The molecule has 0 saturated heterocycles. The van der Waals surface area contributed by atoms with Crippen molar-refractivity contribution in [3.05, 3.63) is 53.7 Å². The number of hydrogen-bond acceptors (Lipinski definition) is 4. The van der Waals surface area contributed by atoms with Gasteiger partial charge in [-0.1, -0.05) is 26.0 Å².